The van der Waals surface area contributed by atoms with Crippen LogP contribution in [0.15, 0.2) is 11.4 Å². The van der Waals surface area contributed by atoms with E-state index in [1.807, 2.05) is 0 Å². The minimum atomic E-state index is -1.27. The van der Waals surface area contributed by atoms with Gasteiger partial charge in [0, 0.05) is 24.6 Å². The average Bonchev–Trinajstić information content (AvgIpc) is 3.14. The summed E-state index contributed by atoms with van der Waals surface area (Å²) in [5, 5.41) is 13.0. The van der Waals surface area contributed by atoms with Crippen molar-refractivity contribution in [1.82, 2.24) is 9.97 Å². The molecule has 5 atom stereocenters. The largest absolute Gasteiger partial charge is 0.368 e. The molecule has 4 bridgehead atoms. The lowest BCUT2D eigenvalue weighted by Gasteiger charge is -2.63. The maximum Gasteiger partial charge on any atom is 0.220 e. The third-order valence-corrected chi connectivity index (χ3v) is 7.68. The smallest absolute Gasteiger partial charge is 0.220 e. The van der Waals surface area contributed by atoms with Crippen LogP contribution in [0.25, 0.3) is 0 Å². The highest BCUT2D eigenvalue weighted by Crippen LogP contribution is 2.65. The third kappa shape index (κ3) is 2.71. The lowest BCUT2D eigenvalue weighted by atomic mass is 9.47. The van der Waals surface area contributed by atoms with E-state index in [0.29, 0.717) is 36.4 Å². The molecule has 5 fully saturated rings. The molecule has 6 rings (SSSR count). The van der Waals surface area contributed by atoms with E-state index in [1.54, 1.807) is 6.26 Å². The Bertz CT molecular complexity index is 815. The molecule has 1 aliphatic heterocycles. The van der Waals surface area contributed by atoms with E-state index >= 15 is 0 Å². The molecule has 7 nitrogen and oxygen atoms in total. The zero-order valence-electron chi connectivity index (χ0n) is 15.4. The summed E-state index contributed by atoms with van der Waals surface area (Å²) >= 11 is 0. The van der Waals surface area contributed by atoms with E-state index in [4.69, 9.17) is 9.47 Å². The number of aromatic nitrogens is 2. The van der Waals surface area contributed by atoms with Crippen molar-refractivity contribution >= 4 is 16.6 Å². The van der Waals surface area contributed by atoms with E-state index in [-0.39, 0.29) is 16.4 Å². The van der Waals surface area contributed by atoms with Crippen LogP contribution in [0.3, 0.4) is 0 Å². The molecule has 4 saturated carbocycles. The van der Waals surface area contributed by atoms with Gasteiger partial charge in [0.25, 0.3) is 0 Å². The second kappa shape index (κ2) is 6.23. The molecular formula is C19H24N4O3S. The fourth-order valence-electron chi connectivity index (χ4n) is 6.21. The maximum absolute atomic E-state index is 11.7. The van der Waals surface area contributed by atoms with Crippen molar-refractivity contribution in [2.24, 2.45) is 23.2 Å². The van der Waals surface area contributed by atoms with Gasteiger partial charge in [-0.05, 0) is 43.4 Å². The Morgan fingerprint density at radius 1 is 1.30 bits per heavy atom. The molecule has 5 aliphatic rings. The summed E-state index contributed by atoms with van der Waals surface area (Å²) in [6.07, 6.45) is 8.80. The quantitative estimate of drug-likeness (QED) is 0.789. The first-order chi connectivity index (χ1) is 13.0. The van der Waals surface area contributed by atoms with Crippen molar-refractivity contribution in [3.63, 3.8) is 0 Å². The molecule has 0 radical (unpaired) electrons. The van der Waals surface area contributed by atoms with Gasteiger partial charge in [-0.25, -0.2) is 9.97 Å². The Morgan fingerprint density at radius 2 is 2.00 bits per heavy atom. The molecule has 0 aromatic carbocycles. The van der Waals surface area contributed by atoms with Crippen molar-refractivity contribution < 1.29 is 13.7 Å². The number of ether oxygens (including phenoxy) is 2. The van der Waals surface area contributed by atoms with E-state index < -0.39 is 10.8 Å². The Balaban J connectivity index is 1.38. The summed E-state index contributed by atoms with van der Waals surface area (Å²) < 4.78 is 24.0. The summed E-state index contributed by atoms with van der Waals surface area (Å²) in [6.45, 7) is 2.20. The van der Waals surface area contributed by atoms with Gasteiger partial charge in [0.2, 0.25) is 5.16 Å². The minimum absolute atomic E-state index is 0.195. The van der Waals surface area contributed by atoms with E-state index in [9.17, 15) is 9.47 Å². The molecule has 1 aromatic rings. The second-order valence-electron chi connectivity index (χ2n) is 8.60. The Morgan fingerprint density at radius 3 is 2.63 bits per heavy atom. The fourth-order valence-corrected chi connectivity index (χ4v) is 6.63. The van der Waals surface area contributed by atoms with Crippen LogP contribution < -0.4 is 5.32 Å². The summed E-state index contributed by atoms with van der Waals surface area (Å²) in [5.74, 6) is 1.83. The van der Waals surface area contributed by atoms with E-state index in [0.717, 1.165) is 25.3 Å². The van der Waals surface area contributed by atoms with E-state index in [2.05, 4.69) is 21.4 Å². The van der Waals surface area contributed by atoms with Gasteiger partial charge in [-0.1, -0.05) is 0 Å². The van der Waals surface area contributed by atoms with Crippen LogP contribution >= 0.6 is 0 Å². The summed E-state index contributed by atoms with van der Waals surface area (Å²) in [4.78, 5) is 8.36. The Labute approximate surface area is 161 Å². The molecule has 144 valence electrons. The van der Waals surface area contributed by atoms with Crippen LogP contribution in [-0.2, 0) is 20.3 Å². The maximum atomic E-state index is 11.7. The lowest BCUT2D eigenvalue weighted by Crippen LogP contribution is -2.62. The van der Waals surface area contributed by atoms with Gasteiger partial charge >= 0.3 is 0 Å². The molecule has 27 heavy (non-hydrogen) atoms. The van der Waals surface area contributed by atoms with Gasteiger partial charge in [-0.15, -0.1) is 0 Å². The number of nitriles is 1. The van der Waals surface area contributed by atoms with Crippen LogP contribution in [0.2, 0.25) is 0 Å². The van der Waals surface area contributed by atoms with Crippen molar-refractivity contribution in [3.8, 4) is 6.07 Å². The first kappa shape index (κ1) is 17.5. The van der Waals surface area contributed by atoms with Gasteiger partial charge in [-0.2, -0.15) is 5.26 Å². The monoisotopic (exact) mass is 388 g/mol. The average molecular weight is 388 g/mol. The molecule has 1 saturated heterocycles. The lowest BCUT2D eigenvalue weighted by molar-refractivity contribution is -0.301. The van der Waals surface area contributed by atoms with Gasteiger partial charge in [0.15, 0.2) is 5.79 Å². The van der Waals surface area contributed by atoms with Crippen LogP contribution in [0.5, 0.6) is 0 Å². The van der Waals surface area contributed by atoms with Crippen molar-refractivity contribution in [3.05, 3.63) is 11.8 Å². The number of nitrogens with zero attached hydrogens (tertiary/aromatic N) is 3. The number of nitrogens with one attached hydrogen (secondary N) is 1. The predicted octanol–water partition coefficient (Wildman–Crippen LogP) is 2.07. The summed E-state index contributed by atoms with van der Waals surface area (Å²) in [5.41, 5.74) is 0.591. The number of hydrogen-bond acceptors (Lipinski definition) is 7. The highest BCUT2D eigenvalue weighted by molar-refractivity contribution is 7.84. The standard InChI is InChI=1S/C19H24N4O3S/c1-27(24)17-21-10-13(9-20)16(23-17)22-11-18-6-12-4-14(7-18)19(15(5-12)8-18)25-2-3-26-19/h10,12,14-15H,2-8,11H2,1H3,(H,21,22,23)/t12?,14-,15+,18?,27?. The van der Waals surface area contributed by atoms with E-state index in [1.165, 1.54) is 25.5 Å². The molecule has 8 heteroatoms. The molecule has 1 N–H and O–H groups in total. The second-order valence-corrected chi connectivity index (χ2v) is 9.87. The predicted molar refractivity (Wildman–Crippen MR) is 98.2 cm³/mol. The van der Waals surface area contributed by atoms with Crippen LogP contribution in [-0.4, -0.2) is 46.0 Å². The van der Waals surface area contributed by atoms with Crippen LogP contribution in [0.1, 0.15) is 37.7 Å². The molecule has 2 heterocycles. The first-order valence-corrected chi connectivity index (χ1v) is 11.2. The molecule has 1 aromatic heterocycles. The molecule has 0 amide bonds. The number of rotatable bonds is 4. The minimum Gasteiger partial charge on any atom is -0.368 e. The highest BCUT2D eigenvalue weighted by atomic mass is 32.2. The summed E-state index contributed by atoms with van der Waals surface area (Å²) in [6, 6.07) is 2.13. The molecule has 4 aliphatic carbocycles. The Hall–Kier alpha value is -1.56. The summed E-state index contributed by atoms with van der Waals surface area (Å²) in [7, 11) is -1.27. The van der Waals surface area contributed by atoms with Gasteiger partial charge in [-0.3, -0.25) is 4.21 Å². The molecule has 3 unspecified atom stereocenters. The normalized spacial score (nSPS) is 36.7. The van der Waals surface area contributed by atoms with Gasteiger partial charge in [0.1, 0.15) is 17.5 Å². The van der Waals surface area contributed by atoms with Crippen molar-refractivity contribution in [1.29, 1.82) is 5.26 Å². The molecule has 1 spiro atoms. The molecular weight excluding hydrogens is 364 g/mol. The topological polar surface area (TPSA) is 97.1 Å². The highest BCUT2D eigenvalue weighted by Gasteiger charge is 2.64. The zero-order valence-corrected chi connectivity index (χ0v) is 16.3. The Kier molecular flexibility index (Phi) is 4.04. The van der Waals surface area contributed by atoms with Crippen molar-refractivity contribution in [2.45, 2.75) is 43.0 Å². The first-order valence-electron chi connectivity index (χ1n) is 9.66. The third-order valence-electron chi connectivity index (χ3n) is 6.97. The van der Waals surface area contributed by atoms with Crippen LogP contribution in [0, 0.1) is 34.5 Å². The zero-order chi connectivity index (χ0) is 18.6. The number of hydrogen-bond donors (Lipinski definition) is 1. The van der Waals surface area contributed by atoms with Gasteiger partial charge < -0.3 is 14.8 Å². The van der Waals surface area contributed by atoms with Crippen molar-refractivity contribution in [2.75, 3.05) is 31.3 Å². The number of anilines is 1. The van der Waals surface area contributed by atoms with Crippen LogP contribution in [0.4, 0.5) is 5.82 Å². The SMILES string of the molecule is CS(=O)c1ncc(C#N)c(NCC23CC4C[C@H](C2)C2(OCCO2)[C@@H](C4)C3)n1. The fraction of sp³-hybridized carbons (Fsp3) is 0.737. The van der Waals surface area contributed by atoms with Gasteiger partial charge in [0.05, 0.1) is 30.2 Å².